The zero-order valence-electron chi connectivity index (χ0n) is 17.0. The third-order valence-electron chi connectivity index (χ3n) is 4.94. The molecule has 1 heterocycles. The predicted molar refractivity (Wildman–Crippen MR) is 116 cm³/mol. The zero-order valence-corrected chi connectivity index (χ0v) is 17.8. The van der Waals surface area contributed by atoms with E-state index >= 15 is 0 Å². The largest absolute Gasteiger partial charge is 0.375 e. The fraction of sp³-hybridized carbons (Fsp3) is 0.364. The number of ether oxygens (including phenoxy) is 1. The van der Waals surface area contributed by atoms with Gasteiger partial charge in [-0.2, -0.15) is 0 Å². The highest BCUT2D eigenvalue weighted by Gasteiger charge is 2.29. The molecule has 2 aromatic rings. The second-order valence-electron chi connectivity index (χ2n) is 7.18. The van der Waals surface area contributed by atoms with Gasteiger partial charge in [0.05, 0.1) is 25.2 Å². The Hall–Kier alpha value is -2.48. The van der Waals surface area contributed by atoms with Gasteiger partial charge in [-0.1, -0.05) is 30.3 Å². The minimum Gasteiger partial charge on any atom is -0.375 e. The number of carbonyl (C=O) groups excluding carboxylic acids is 2. The lowest BCUT2D eigenvalue weighted by atomic mass is 10.1. The van der Waals surface area contributed by atoms with E-state index in [1.807, 2.05) is 19.9 Å². The lowest BCUT2D eigenvalue weighted by Gasteiger charge is -2.30. The Bertz CT molecular complexity index is 880. The number of morpholine rings is 1. The Morgan fingerprint density at radius 1 is 1.23 bits per heavy atom. The highest BCUT2D eigenvalue weighted by molar-refractivity contribution is 5.92. The number of carbonyl (C=O) groups is 2. The van der Waals surface area contributed by atoms with Crippen LogP contribution < -0.4 is 16.0 Å². The number of amides is 2. The summed E-state index contributed by atoms with van der Waals surface area (Å²) >= 11 is 0. The highest BCUT2D eigenvalue weighted by atomic mass is 35.5. The second-order valence-corrected chi connectivity index (χ2v) is 7.18. The quantitative estimate of drug-likeness (QED) is 0.651. The van der Waals surface area contributed by atoms with Crippen LogP contribution in [0.1, 0.15) is 31.0 Å². The molecule has 0 radical (unpaired) electrons. The van der Waals surface area contributed by atoms with Gasteiger partial charge in [-0.05, 0) is 43.2 Å². The maximum atomic E-state index is 13.7. The fourth-order valence-electron chi connectivity index (χ4n) is 3.32. The molecule has 3 N–H and O–H groups in total. The number of hydrogen-bond donors (Lipinski definition) is 3. The molecule has 3 atom stereocenters. The predicted octanol–water partition coefficient (Wildman–Crippen LogP) is 2.98. The molecule has 0 saturated carbocycles. The molecule has 1 fully saturated rings. The molecular weight excluding hydrogens is 409 g/mol. The first-order chi connectivity index (χ1) is 13.9. The number of halogens is 2. The molecule has 3 rings (SSSR count). The van der Waals surface area contributed by atoms with Crippen LogP contribution in [0.5, 0.6) is 0 Å². The van der Waals surface area contributed by atoms with E-state index in [1.54, 1.807) is 36.4 Å². The molecule has 1 aliphatic rings. The van der Waals surface area contributed by atoms with Gasteiger partial charge in [-0.25, -0.2) is 4.39 Å². The van der Waals surface area contributed by atoms with Crippen molar-refractivity contribution in [1.82, 2.24) is 10.6 Å². The highest BCUT2D eigenvalue weighted by Crippen LogP contribution is 2.19. The summed E-state index contributed by atoms with van der Waals surface area (Å²) in [5, 5.41) is 8.93. The van der Waals surface area contributed by atoms with Gasteiger partial charge in [-0.15, -0.1) is 12.4 Å². The second kappa shape index (κ2) is 11.1. The van der Waals surface area contributed by atoms with E-state index in [0.717, 1.165) is 5.56 Å². The average Bonchev–Trinajstić information content (AvgIpc) is 2.70. The van der Waals surface area contributed by atoms with Crippen LogP contribution in [-0.2, 0) is 20.7 Å². The van der Waals surface area contributed by atoms with Gasteiger partial charge < -0.3 is 20.7 Å². The molecule has 1 saturated heterocycles. The lowest BCUT2D eigenvalue weighted by Crippen LogP contribution is -2.55. The Morgan fingerprint density at radius 2 is 2.00 bits per heavy atom. The molecule has 2 aromatic carbocycles. The number of nitrogens with one attached hydrogen (secondary N) is 3. The minimum atomic E-state index is -0.401. The van der Waals surface area contributed by atoms with E-state index in [0.29, 0.717) is 24.4 Å². The van der Waals surface area contributed by atoms with Crippen LogP contribution in [-0.4, -0.2) is 37.1 Å². The third kappa shape index (κ3) is 6.26. The van der Waals surface area contributed by atoms with Crippen molar-refractivity contribution in [3.63, 3.8) is 0 Å². The molecule has 30 heavy (non-hydrogen) atoms. The number of anilines is 1. The molecule has 1 aliphatic heterocycles. The molecule has 0 aliphatic carbocycles. The van der Waals surface area contributed by atoms with Crippen molar-refractivity contribution in [1.29, 1.82) is 0 Å². The van der Waals surface area contributed by atoms with Crippen LogP contribution in [0, 0.1) is 5.82 Å². The molecule has 162 valence electrons. The monoisotopic (exact) mass is 435 g/mol. The summed E-state index contributed by atoms with van der Waals surface area (Å²) in [5.74, 6) is -0.831. The standard InChI is InChI=1S/C22H26FN3O3.ClH/c1-14(25-22(28)21-15(2)29-11-10-24-21)16-7-5-8-18(12-16)26-20(27)13-17-6-3-4-9-19(17)23;/h3-9,12,14-15,21,24H,10-11,13H2,1-2H3,(H,25,28)(H,26,27);1H/t14?,15-,21+;/m1./s1. The van der Waals surface area contributed by atoms with Gasteiger partial charge in [0.15, 0.2) is 0 Å². The first-order valence-corrected chi connectivity index (χ1v) is 9.72. The summed E-state index contributed by atoms with van der Waals surface area (Å²) in [6.45, 7) is 4.98. The topological polar surface area (TPSA) is 79.5 Å². The van der Waals surface area contributed by atoms with Gasteiger partial charge in [0, 0.05) is 12.2 Å². The smallest absolute Gasteiger partial charge is 0.240 e. The Balaban J connectivity index is 0.00000320. The van der Waals surface area contributed by atoms with Crippen molar-refractivity contribution in [3.05, 3.63) is 65.5 Å². The Labute approximate surface area is 182 Å². The number of hydrogen-bond acceptors (Lipinski definition) is 4. The molecule has 0 bridgehead atoms. The Morgan fingerprint density at radius 3 is 2.73 bits per heavy atom. The van der Waals surface area contributed by atoms with Gasteiger partial charge in [0.1, 0.15) is 11.9 Å². The molecular formula is C22H27ClFN3O3. The van der Waals surface area contributed by atoms with Gasteiger partial charge in [-0.3, -0.25) is 9.59 Å². The van der Waals surface area contributed by atoms with Crippen LogP contribution in [0.3, 0.4) is 0 Å². The van der Waals surface area contributed by atoms with E-state index in [1.165, 1.54) is 6.07 Å². The van der Waals surface area contributed by atoms with Gasteiger partial charge >= 0.3 is 0 Å². The number of rotatable bonds is 6. The first-order valence-electron chi connectivity index (χ1n) is 9.72. The molecule has 0 spiro atoms. The van der Waals surface area contributed by atoms with Crippen LogP contribution in [0.4, 0.5) is 10.1 Å². The van der Waals surface area contributed by atoms with Crippen molar-refractivity contribution in [3.8, 4) is 0 Å². The summed E-state index contributed by atoms with van der Waals surface area (Å²) in [7, 11) is 0. The Kier molecular flexibility index (Phi) is 8.77. The van der Waals surface area contributed by atoms with Crippen molar-refractivity contribution >= 4 is 29.9 Å². The summed E-state index contributed by atoms with van der Waals surface area (Å²) in [6, 6.07) is 12.8. The van der Waals surface area contributed by atoms with Crippen molar-refractivity contribution < 1.29 is 18.7 Å². The van der Waals surface area contributed by atoms with Crippen molar-refractivity contribution in [2.75, 3.05) is 18.5 Å². The normalized spacial score (nSPS) is 19.3. The fourth-order valence-corrected chi connectivity index (χ4v) is 3.32. The van der Waals surface area contributed by atoms with E-state index in [9.17, 15) is 14.0 Å². The molecule has 8 heteroatoms. The van der Waals surface area contributed by atoms with Gasteiger partial charge in [0.2, 0.25) is 11.8 Å². The maximum absolute atomic E-state index is 13.7. The van der Waals surface area contributed by atoms with Gasteiger partial charge in [0.25, 0.3) is 0 Å². The van der Waals surface area contributed by atoms with Crippen LogP contribution in [0.2, 0.25) is 0 Å². The van der Waals surface area contributed by atoms with Crippen LogP contribution >= 0.6 is 12.4 Å². The maximum Gasteiger partial charge on any atom is 0.240 e. The van der Waals surface area contributed by atoms with E-state index in [-0.39, 0.29) is 42.8 Å². The molecule has 0 aromatic heterocycles. The molecule has 2 amide bonds. The first kappa shape index (κ1) is 23.8. The summed E-state index contributed by atoms with van der Waals surface area (Å²) in [6.07, 6.45) is -0.242. The van der Waals surface area contributed by atoms with Crippen molar-refractivity contribution in [2.24, 2.45) is 0 Å². The average molecular weight is 436 g/mol. The summed E-state index contributed by atoms with van der Waals surface area (Å²) in [4.78, 5) is 24.8. The minimum absolute atomic E-state index is 0. The van der Waals surface area contributed by atoms with E-state index in [4.69, 9.17) is 4.74 Å². The van der Waals surface area contributed by atoms with E-state index in [2.05, 4.69) is 16.0 Å². The third-order valence-corrected chi connectivity index (χ3v) is 4.94. The summed E-state index contributed by atoms with van der Waals surface area (Å²) < 4.78 is 19.2. The van der Waals surface area contributed by atoms with E-state index < -0.39 is 11.9 Å². The van der Waals surface area contributed by atoms with Crippen molar-refractivity contribution in [2.45, 2.75) is 38.5 Å². The zero-order chi connectivity index (χ0) is 20.8. The number of benzene rings is 2. The molecule has 1 unspecified atom stereocenters. The SMILES string of the molecule is CC(NC(=O)[C@H]1NCCO[C@@H]1C)c1cccc(NC(=O)Cc2ccccc2F)c1.Cl. The molecule has 6 nitrogen and oxygen atoms in total. The van der Waals surface area contributed by atoms with Crippen LogP contribution in [0.15, 0.2) is 48.5 Å². The lowest BCUT2D eigenvalue weighted by molar-refractivity contribution is -0.129. The summed E-state index contributed by atoms with van der Waals surface area (Å²) in [5.41, 5.74) is 1.79. The van der Waals surface area contributed by atoms with Crippen LogP contribution in [0.25, 0.3) is 0 Å².